The molecule has 0 saturated carbocycles. The lowest BCUT2D eigenvalue weighted by molar-refractivity contribution is -0.385. The third kappa shape index (κ3) is 4.23. The molecule has 2 heterocycles. The van der Waals surface area contributed by atoms with Crippen LogP contribution in [0.3, 0.4) is 0 Å². The smallest absolute Gasteiger partial charge is 0.272 e. The van der Waals surface area contributed by atoms with E-state index in [1.165, 1.54) is 17.8 Å². The summed E-state index contributed by atoms with van der Waals surface area (Å²) in [6, 6.07) is 19.1. The summed E-state index contributed by atoms with van der Waals surface area (Å²) in [5.41, 5.74) is 3.74. The van der Waals surface area contributed by atoms with Gasteiger partial charge in [0.15, 0.2) is 11.0 Å². The Kier molecular flexibility index (Phi) is 5.85. The number of benzene rings is 2. The van der Waals surface area contributed by atoms with Gasteiger partial charge in [-0.3, -0.25) is 19.7 Å². The van der Waals surface area contributed by atoms with E-state index in [0.717, 1.165) is 27.7 Å². The summed E-state index contributed by atoms with van der Waals surface area (Å²) in [6.45, 7) is 2.40. The van der Waals surface area contributed by atoms with Gasteiger partial charge in [0.05, 0.1) is 11.5 Å². The largest absolute Gasteiger partial charge is 0.297 e. The summed E-state index contributed by atoms with van der Waals surface area (Å²) in [4.78, 5) is 15.1. The molecular weight excluding hydrogens is 398 g/mol. The molecule has 0 aliphatic rings. The average molecular weight is 417 g/mol. The molecule has 0 fully saturated rings. The summed E-state index contributed by atoms with van der Waals surface area (Å²) >= 11 is 1.52. The minimum absolute atomic E-state index is 0.134. The number of hydrogen-bond donors (Lipinski definition) is 0. The SMILES string of the molecule is Cc1c(CSc2nnc(-c3cccnc3)n2Cc2ccccc2)cccc1[N+](=O)[O-]. The van der Waals surface area contributed by atoms with Gasteiger partial charge in [0.1, 0.15) is 0 Å². The zero-order valence-corrected chi connectivity index (χ0v) is 17.1. The minimum Gasteiger partial charge on any atom is -0.297 e. The molecular formula is C22H19N5O2S. The first kappa shape index (κ1) is 19.8. The number of nitro benzene ring substituents is 1. The molecule has 4 rings (SSSR count). The second kappa shape index (κ2) is 8.87. The van der Waals surface area contributed by atoms with E-state index in [-0.39, 0.29) is 10.6 Å². The molecule has 150 valence electrons. The molecule has 0 N–H and O–H groups in total. The molecule has 4 aromatic rings. The van der Waals surface area contributed by atoms with Crippen molar-refractivity contribution in [2.45, 2.75) is 24.4 Å². The highest BCUT2D eigenvalue weighted by molar-refractivity contribution is 7.98. The lowest BCUT2D eigenvalue weighted by Crippen LogP contribution is -2.04. The quantitative estimate of drug-likeness (QED) is 0.242. The molecule has 0 atom stereocenters. The van der Waals surface area contributed by atoms with Crippen molar-refractivity contribution in [2.24, 2.45) is 0 Å². The van der Waals surface area contributed by atoms with Crippen molar-refractivity contribution in [1.82, 2.24) is 19.7 Å². The second-order valence-electron chi connectivity index (χ2n) is 6.73. The Morgan fingerprint density at radius 1 is 1.03 bits per heavy atom. The van der Waals surface area contributed by atoms with E-state index >= 15 is 0 Å². The van der Waals surface area contributed by atoms with Crippen LogP contribution in [0.2, 0.25) is 0 Å². The van der Waals surface area contributed by atoms with E-state index in [1.54, 1.807) is 25.4 Å². The maximum atomic E-state index is 11.2. The van der Waals surface area contributed by atoms with E-state index < -0.39 is 0 Å². The fourth-order valence-electron chi connectivity index (χ4n) is 3.18. The van der Waals surface area contributed by atoms with Crippen LogP contribution in [-0.2, 0) is 12.3 Å². The van der Waals surface area contributed by atoms with E-state index in [2.05, 4.69) is 31.9 Å². The van der Waals surface area contributed by atoms with Crippen LogP contribution < -0.4 is 0 Å². The molecule has 8 heteroatoms. The Bertz CT molecular complexity index is 1160. The van der Waals surface area contributed by atoms with Crippen LogP contribution in [0.15, 0.2) is 78.2 Å². The fraction of sp³-hybridized carbons (Fsp3) is 0.136. The zero-order valence-electron chi connectivity index (χ0n) is 16.3. The van der Waals surface area contributed by atoms with Crippen LogP contribution in [0.4, 0.5) is 5.69 Å². The highest BCUT2D eigenvalue weighted by Crippen LogP contribution is 2.30. The lowest BCUT2D eigenvalue weighted by Gasteiger charge is -2.11. The number of hydrogen-bond acceptors (Lipinski definition) is 6. The van der Waals surface area contributed by atoms with Crippen molar-refractivity contribution >= 4 is 17.4 Å². The van der Waals surface area contributed by atoms with Crippen molar-refractivity contribution in [3.8, 4) is 11.4 Å². The summed E-state index contributed by atoms with van der Waals surface area (Å²) in [6.07, 6.45) is 3.49. The maximum Gasteiger partial charge on any atom is 0.272 e. The Hall–Kier alpha value is -3.52. The van der Waals surface area contributed by atoms with Crippen LogP contribution in [-0.4, -0.2) is 24.7 Å². The number of thioether (sulfide) groups is 1. The summed E-state index contributed by atoms with van der Waals surface area (Å²) in [7, 11) is 0. The van der Waals surface area contributed by atoms with Gasteiger partial charge in [0.2, 0.25) is 0 Å². The van der Waals surface area contributed by atoms with Crippen molar-refractivity contribution in [3.63, 3.8) is 0 Å². The Labute approximate surface area is 178 Å². The summed E-state index contributed by atoms with van der Waals surface area (Å²) in [5.74, 6) is 1.30. The van der Waals surface area contributed by atoms with E-state index in [0.29, 0.717) is 17.9 Å². The molecule has 0 unspecified atom stereocenters. The van der Waals surface area contributed by atoms with Crippen LogP contribution in [0.1, 0.15) is 16.7 Å². The topological polar surface area (TPSA) is 86.7 Å². The van der Waals surface area contributed by atoms with Gasteiger partial charge in [-0.1, -0.05) is 54.2 Å². The molecule has 0 radical (unpaired) electrons. The predicted octanol–water partition coefficient (Wildman–Crippen LogP) is 4.90. The van der Waals surface area contributed by atoms with E-state index in [9.17, 15) is 10.1 Å². The molecule has 2 aromatic carbocycles. The number of nitro groups is 1. The summed E-state index contributed by atoms with van der Waals surface area (Å²) < 4.78 is 2.06. The van der Waals surface area contributed by atoms with Gasteiger partial charge >= 0.3 is 0 Å². The number of aromatic nitrogens is 4. The lowest BCUT2D eigenvalue weighted by atomic mass is 10.1. The predicted molar refractivity (Wildman–Crippen MR) is 116 cm³/mol. The van der Waals surface area contributed by atoms with Crippen molar-refractivity contribution < 1.29 is 4.92 Å². The average Bonchev–Trinajstić information content (AvgIpc) is 3.16. The molecule has 0 spiro atoms. The van der Waals surface area contributed by atoms with Gasteiger partial charge in [-0.05, 0) is 30.2 Å². The standard InChI is InChI=1S/C22H19N5O2S/c1-16-19(9-5-11-20(16)27(28)29)15-30-22-25-24-21(18-10-6-12-23-13-18)26(22)14-17-7-3-2-4-8-17/h2-13H,14-15H2,1H3. The molecule has 0 bridgehead atoms. The number of nitrogens with zero attached hydrogens (tertiary/aromatic N) is 5. The first-order valence-electron chi connectivity index (χ1n) is 9.36. The van der Waals surface area contributed by atoms with Gasteiger partial charge in [0, 0.05) is 35.3 Å². The highest BCUT2D eigenvalue weighted by atomic mass is 32.2. The van der Waals surface area contributed by atoms with Crippen molar-refractivity contribution in [1.29, 1.82) is 0 Å². The van der Waals surface area contributed by atoms with Crippen LogP contribution in [0.5, 0.6) is 0 Å². The van der Waals surface area contributed by atoms with Gasteiger partial charge in [-0.15, -0.1) is 10.2 Å². The molecule has 7 nitrogen and oxygen atoms in total. The third-order valence-corrected chi connectivity index (χ3v) is 5.81. The Morgan fingerprint density at radius 3 is 2.60 bits per heavy atom. The molecule has 0 amide bonds. The molecule has 30 heavy (non-hydrogen) atoms. The van der Waals surface area contributed by atoms with Gasteiger partial charge in [-0.25, -0.2) is 0 Å². The molecule has 0 aliphatic carbocycles. The second-order valence-corrected chi connectivity index (χ2v) is 7.67. The number of pyridine rings is 1. The van der Waals surface area contributed by atoms with Crippen molar-refractivity contribution in [3.05, 3.63) is 99.9 Å². The first-order valence-corrected chi connectivity index (χ1v) is 10.4. The Morgan fingerprint density at radius 2 is 1.87 bits per heavy atom. The Balaban J connectivity index is 1.66. The van der Waals surface area contributed by atoms with Crippen LogP contribution in [0, 0.1) is 17.0 Å². The number of rotatable bonds is 7. The highest BCUT2D eigenvalue weighted by Gasteiger charge is 2.17. The monoisotopic (exact) mass is 417 g/mol. The van der Waals surface area contributed by atoms with Crippen LogP contribution >= 0.6 is 11.8 Å². The molecule has 0 aliphatic heterocycles. The van der Waals surface area contributed by atoms with E-state index in [1.807, 2.05) is 36.4 Å². The minimum atomic E-state index is -0.345. The molecule has 0 saturated heterocycles. The van der Waals surface area contributed by atoms with Crippen molar-refractivity contribution in [2.75, 3.05) is 0 Å². The first-order chi connectivity index (χ1) is 14.6. The normalized spacial score (nSPS) is 10.8. The van der Waals surface area contributed by atoms with Gasteiger partial charge in [-0.2, -0.15) is 0 Å². The summed E-state index contributed by atoms with van der Waals surface area (Å²) in [5, 5.41) is 20.8. The third-order valence-electron chi connectivity index (χ3n) is 4.79. The fourth-order valence-corrected chi connectivity index (χ4v) is 4.18. The van der Waals surface area contributed by atoms with Gasteiger partial charge in [0.25, 0.3) is 5.69 Å². The van der Waals surface area contributed by atoms with Crippen LogP contribution in [0.25, 0.3) is 11.4 Å². The van der Waals surface area contributed by atoms with Gasteiger partial charge < -0.3 is 0 Å². The maximum absolute atomic E-state index is 11.2. The van der Waals surface area contributed by atoms with E-state index in [4.69, 9.17) is 0 Å². The zero-order chi connectivity index (χ0) is 20.9. The molecule has 2 aromatic heterocycles.